The van der Waals surface area contributed by atoms with E-state index < -0.39 is 20.7 Å². The zero-order valence-corrected chi connectivity index (χ0v) is 28.5. The van der Waals surface area contributed by atoms with Gasteiger partial charge in [0.15, 0.2) is 9.84 Å². The van der Waals surface area contributed by atoms with Crippen LogP contribution in [0, 0.1) is 51.8 Å². The van der Waals surface area contributed by atoms with E-state index in [1.807, 2.05) is 18.2 Å². The van der Waals surface area contributed by atoms with E-state index >= 15 is 0 Å². The Kier molecular flexibility index (Phi) is 8.50. The molecule has 1 aromatic rings. The molecular formula is C38H60O4S. The summed E-state index contributed by atoms with van der Waals surface area (Å²) in [6, 6.07) is 9.07. The Balaban J connectivity index is 1.23. The van der Waals surface area contributed by atoms with Gasteiger partial charge in [-0.1, -0.05) is 52.8 Å². The molecule has 6 rings (SSSR count). The van der Waals surface area contributed by atoms with Crippen molar-refractivity contribution in [2.45, 2.75) is 153 Å². The Hall–Kier alpha value is -0.910. The minimum Gasteiger partial charge on any atom is -0.393 e. The molecule has 0 saturated heterocycles. The summed E-state index contributed by atoms with van der Waals surface area (Å²) in [5.74, 6) is 3.78. The Morgan fingerprint density at radius 2 is 1.49 bits per heavy atom. The Morgan fingerprint density at radius 3 is 2.16 bits per heavy atom. The molecule has 0 aliphatic heterocycles. The monoisotopic (exact) mass is 612 g/mol. The second-order valence-electron chi connectivity index (χ2n) is 17.7. The van der Waals surface area contributed by atoms with Gasteiger partial charge < -0.3 is 10.2 Å². The average Bonchev–Trinajstić information content (AvgIpc) is 3.29. The highest BCUT2D eigenvalue weighted by Gasteiger charge is 2.60. The van der Waals surface area contributed by atoms with E-state index in [2.05, 4.69) is 34.6 Å². The number of hydrogen-bond donors (Lipinski definition) is 2. The first-order valence-electron chi connectivity index (χ1n) is 17.9. The molecule has 5 fully saturated rings. The second-order valence-corrected chi connectivity index (χ2v) is 19.9. The lowest BCUT2D eigenvalue weighted by Gasteiger charge is -2.61. The minimum atomic E-state index is -3.57. The molecule has 9 atom stereocenters. The molecule has 5 aliphatic carbocycles. The lowest BCUT2D eigenvalue weighted by molar-refractivity contribution is -0.127. The van der Waals surface area contributed by atoms with Crippen LogP contribution in [0.4, 0.5) is 0 Å². The van der Waals surface area contributed by atoms with Gasteiger partial charge in [0.05, 0.1) is 21.9 Å². The van der Waals surface area contributed by atoms with Gasteiger partial charge in [-0.2, -0.15) is 0 Å². The van der Waals surface area contributed by atoms with Gasteiger partial charge in [-0.05, 0) is 160 Å². The van der Waals surface area contributed by atoms with Gasteiger partial charge in [-0.25, -0.2) is 8.42 Å². The van der Waals surface area contributed by atoms with E-state index in [9.17, 15) is 18.6 Å². The molecule has 0 heterocycles. The molecule has 242 valence electrons. The summed E-state index contributed by atoms with van der Waals surface area (Å²) >= 11 is 0. The minimum absolute atomic E-state index is 0.110. The van der Waals surface area contributed by atoms with Gasteiger partial charge in [0.1, 0.15) is 0 Å². The molecule has 1 aromatic carbocycles. The summed E-state index contributed by atoms with van der Waals surface area (Å²) in [7, 11) is -3.57. The third kappa shape index (κ3) is 5.79. The van der Waals surface area contributed by atoms with Crippen LogP contribution in [0.2, 0.25) is 0 Å². The van der Waals surface area contributed by atoms with Crippen LogP contribution >= 0.6 is 0 Å². The van der Waals surface area contributed by atoms with Crippen molar-refractivity contribution in [2.75, 3.05) is 0 Å². The highest BCUT2D eigenvalue weighted by molar-refractivity contribution is 7.92. The number of sulfone groups is 1. The van der Waals surface area contributed by atoms with Crippen LogP contribution in [0.5, 0.6) is 0 Å². The molecule has 0 bridgehead atoms. The summed E-state index contributed by atoms with van der Waals surface area (Å²) in [4.78, 5) is 0.418. The highest BCUT2D eigenvalue weighted by atomic mass is 32.2. The third-order valence-corrected chi connectivity index (χ3v) is 16.8. The van der Waals surface area contributed by atoms with Crippen LogP contribution in [-0.2, 0) is 9.84 Å². The van der Waals surface area contributed by atoms with Gasteiger partial charge in [0, 0.05) is 0 Å². The standard InChI is InChI=1S/C38H60O4S/c1-35(2,3)26-15-21-38(40,22-16-26)25-31(43(41,42)30-9-7-6-8-10-30)24-28-12-14-33-32-13-11-27-23-29(39)17-19-36(27,4)34(32)18-20-37(28,33)5/h6-10,26-29,31-34,39-40H,11-25H2,1-5H3/t26?,27?,28-,29?,31?,32?,33?,34?,36?,37?,38?/m1/s1. The molecular weight excluding hydrogens is 552 g/mol. The quantitative estimate of drug-likeness (QED) is 0.337. The van der Waals surface area contributed by atoms with E-state index in [1.54, 1.807) is 12.1 Å². The summed E-state index contributed by atoms with van der Waals surface area (Å²) in [5, 5.41) is 21.8. The number of hydrogen-bond acceptors (Lipinski definition) is 4. The molecule has 0 aromatic heterocycles. The lowest BCUT2D eigenvalue weighted by atomic mass is 9.44. The topological polar surface area (TPSA) is 74.6 Å². The van der Waals surface area contributed by atoms with Gasteiger partial charge in [0.25, 0.3) is 0 Å². The zero-order valence-electron chi connectivity index (χ0n) is 27.7. The predicted molar refractivity (Wildman–Crippen MR) is 174 cm³/mol. The number of aliphatic hydroxyl groups is 2. The first-order valence-corrected chi connectivity index (χ1v) is 19.4. The van der Waals surface area contributed by atoms with Gasteiger partial charge in [-0.3, -0.25) is 0 Å². The molecule has 0 spiro atoms. The molecule has 5 aliphatic rings. The van der Waals surface area contributed by atoms with Gasteiger partial charge in [-0.15, -0.1) is 0 Å². The predicted octanol–water partition coefficient (Wildman–Crippen LogP) is 8.60. The van der Waals surface area contributed by atoms with Crippen molar-refractivity contribution in [3.63, 3.8) is 0 Å². The van der Waals surface area contributed by atoms with Crippen LogP contribution in [0.3, 0.4) is 0 Å². The molecule has 5 heteroatoms. The maximum absolute atomic E-state index is 14.3. The first kappa shape index (κ1) is 32.0. The molecule has 8 unspecified atom stereocenters. The second kappa shape index (κ2) is 11.4. The maximum atomic E-state index is 14.3. The van der Waals surface area contributed by atoms with E-state index in [-0.39, 0.29) is 16.9 Å². The summed E-state index contributed by atoms with van der Waals surface area (Å²) in [6.45, 7) is 11.9. The highest BCUT2D eigenvalue weighted by Crippen LogP contribution is 2.68. The van der Waals surface area contributed by atoms with Crippen molar-refractivity contribution < 1.29 is 18.6 Å². The molecule has 5 saturated carbocycles. The number of aliphatic hydroxyl groups excluding tert-OH is 1. The van der Waals surface area contributed by atoms with Crippen molar-refractivity contribution in [1.82, 2.24) is 0 Å². The normalized spacial score (nSPS) is 44.2. The van der Waals surface area contributed by atoms with E-state index in [0.29, 0.717) is 59.7 Å². The van der Waals surface area contributed by atoms with Crippen molar-refractivity contribution in [1.29, 1.82) is 0 Å². The summed E-state index contributed by atoms with van der Waals surface area (Å²) < 4.78 is 28.7. The Bertz CT molecular complexity index is 1230. The molecule has 0 radical (unpaired) electrons. The van der Waals surface area contributed by atoms with E-state index in [0.717, 1.165) is 43.9 Å². The smallest absolute Gasteiger partial charge is 0.181 e. The molecule has 43 heavy (non-hydrogen) atoms. The fourth-order valence-electron chi connectivity index (χ4n) is 11.8. The summed E-state index contributed by atoms with van der Waals surface area (Å²) in [5.41, 5.74) is -0.147. The number of fused-ring (bicyclic) bond motifs is 5. The van der Waals surface area contributed by atoms with E-state index in [1.165, 1.54) is 38.5 Å². The molecule has 4 nitrogen and oxygen atoms in total. The lowest BCUT2D eigenvalue weighted by Crippen LogP contribution is -2.54. The van der Waals surface area contributed by atoms with Crippen molar-refractivity contribution in [2.24, 2.45) is 51.8 Å². The maximum Gasteiger partial charge on any atom is 0.181 e. The van der Waals surface area contributed by atoms with Crippen LogP contribution in [0.25, 0.3) is 0 Å². The van der Waals surface area contributed by atoms with Crippen LogP contribution in [-0.4, -0.2) is 35.6 Å². The third-order valence-electron chi connectivity index (χ3n) is 14.6. The molecule has 2 N–H and O–H groups in total. The summed E-state index contributed by atoms with van der Waals surface area (Å²) in [6.07, 6.45) is 14.7. The Morgan fingerprint density at radius 1 is 0.837 bits per heavy atom. The van der Waals surface area contributed by atoms with E-state index in [4.69, 9.17) is 0 Å². The van der Waals surface area contributed by atoms with Gasteiger partial charge in [0.2, 0.25) is 0 Å². The first-order chi connectivity index (χ1) is 20.2. The fraction of sp³-hybridized carbons (Fsp3) is 0.842. The van der Waals surface area contributed by atoms with Crippen molar-refractivity contribution in [3.05, 3.63) is 30.3 Å². The number of benzene rings is 1. The number of rotatable bonds is 6. The van der Waals surface area contributed by atoms with Crippen molar-refractivity contribution >= 4 is 9.84 Å². The van der Waals surface area contributed by atoms with Crippen LogP contribution in [0.15, 0.2) is 35.2 Å². The Labute approximate surface area is 262 Å². The van der Waals surface area contributed by atoms with Gasteiger partial charge >= 0.3 is 0 Å². The zero-order chi connectivity index (χ0) is 30.8. The van der Waals surface area contributed by atoms with Crippen LogP contribution < -0.4 is 0 Å². The molecule has 0 amide bonds. The van der Waals surface area contributed by atoms with Crippen molar-refractivity contribution in [3.8, 4) is 0 Å². The van der Waals surface area contributed by atoms with Crippen LogP contribution in [0.1, 0.15) is 131 Å². The fourth-order valence-corrected chi connectivity index (χ4v) is 13.8. The largest absolute Gasteiger partial charge is 0.393 e. The SMILES string of the molecule is CC(C)(C)C1CCC(O)(CC(C[C@H]2CCC3C4CCC5CC(O)CCC5(C)C4CCC32C)S(=O)(=O)c2ccccc2)CC1. The average molecular weight is 613 g/mol.